The van der Waals surface area contributed by atoms with E-state index in [1.165, 1.54) is 26.3 Å². The lowest BCUT2D eigenvalue weighted by atomic mass is 10.1. The summed E-state index contributed by atoms with van der Waals surface area (Å²) < 4.78 is 17.2. The van der Waals surface area contributed by atoms with Crippen LogP contribution in [0.5, 0.6) is 0 Å². The summed E-state index contributed by atoms with van der Waals surface area (Å²) in [6.45, 7) is 1.48. The highest BCUT2D eigenvalue weighted by Gasteiger charge is 2.11. The van der Waals surface area contributed by atoms with Gasteiger partial charge in [-0.25, -0.2) is 9.78 Å². The molecule has 0 unspecified atom stereocenters. The maximum atomic E-state index is 12.8. The van der Waals surface area contributed by atoms with Crippen LogP contribution in [0.4, 0.5) is 4.39 Å². The summed E-state index contributed by atoms with van der Waals surface area (Å²) >= 11 is 0. The van der Waals surface area contributed by atoms with Gasteiger partial charge in [-0.2, -0.15) is 4.39 Å². The number of halogens is 1. The lowest BCUT2D eigenvalue weighted by Crippen LogP contribution is -2.05. The zero-order valence-corrected chi connectivity index (χ0v) is 6.80. The van der Waals surface area contributed by atoms with Gasteiger partial charge in [-0.05, 0) is 13.0 Å². The molecule has 12 heavy (non-hydrogen) atoms. The van der Waals surface area contributed by atoms with E-state index in [1.807, 2.05) is 0 Å². The zero-order valence-electron chi connectivity index (χ0n) is 6.80. The Labute approximate surface area is 69.2 Å². The lowest BCUT2D eigenvalue weighted by Gasteiger charge is -2.02. The number of carbonyl (C=O) groups excluding carboxylic acids is 1. The van der Waals surface area contributed by atoms with E-state index in [4.69, 9.17) is 0 Å². The minimum Gasteiger partial charge on any atom is -0.465 e. The molecule has 1 aromatic rings. The normalized spacial score (nSPS) is 9.58. The predicted octanol–water partition coefficient (Wildman–Crippen LogP) is 1.32. The summed E-state index contributed by atoms with van der Waals surface area (Å²) in [5, 5.41) is 0. The van der Waals surface area contributed by atoms with E-state index in [2.05, 4.69) is 9.72 Å². The third kappa shape index (κ3) is 1.42. The van der Waals surface area contributed by atoms with Crippen molar-refractivity contribution in [3.63, 3.8) is 0 Å². The van der Waals surface area contributed by atoms with Gasteiger partial charge >= 0.3 is 5.97 Å². The number of rotatable bonds is 1. The van der Waals surface area contributed by atoms with Crippen LogP contribution in [0.2, 0.25) is 0 Å². The molecule has 64 valence electrons. The molecular weight excluding hydrogens is 161 g/mol. The first-order chi connectivity index (χ1) is 5.66. The highest BCUT2D eigenvalue weighted by molar-refractivity contribution is 5.90. The van der Waals surface area contributed by atoms with Crippen molar-refractivity contribution >= 4 is 5.97 Å². The van der Waals surface area contributed by atoms with E-state index < -0.39 is 11.9 Å². The van der Waals surface area contributed by atoms with Gasteiger partial charge in [-0.15, -0.1) is 0 Å². The average Bonchev–Trinajstić information content (AvgIpc) is 2.08. The number of ether oxygens (including phenoxy) is 1. The van der Waals surface area contributed by atoms with Crippen molar-refractivity contribution in [3.8, 4) is 0 Å². The number of methoxy groups -OCH3 is 1. The van der Waals surface area contributed by atoms with Gasteiger partial charge < -0.3 is 4.74 Å². The van der Waals surface area contributed by atoms with Crippen molar-refractivity contribution in [2.45, 2.75) is 6.92 Å². The highest BCUT2D eigenvalue weighted by atomic mass is 19.1. The number of nitrogens with zero attached hydrogens (tertiary/aromatic N) is 1. The minimum atomic E-state index is -0.641. The number of esters is 1. The molecule has 4 heteroatoms. The van der Waals surface area contributed by atoms with E-state index >= 15 is 0 Å². The molecule has 0 N–H and O–H groups in total. The summed E-state index contributed by atoms with van der Waals surface area (Å²) in [5.74, 6) is -1.19. The number of pyridine rings is 1. The van der Waals surface area contributed by atoms with Crippen molar-refractivity contribution in [1.82, 2.24) is 4.98 Å². The van der Waals surface area contributed by atoms with E-state index in [0.717, 1.165) is 0 Å². The van der Waals surface area contributed by atoms with Crippen molar-refractivity contribution in [2.24, 2.45) is 0 Å². The molecule has 0 aliphatic heterocycles. The summed E-state index contributed by atoms with van der Waals surface area (Å²) in [6, 6.07) is 1.42. The van der Waals surface area contributed by atoms with E-state index in [1.54, 1.807) is 0 Å². The van der Waals surface area contributed by atoms with Gasteiger partial charge in [0.05, 0.1) is 12.7 Å². The molecule has 1 aromatic heterocycles. The molecule has 1 rings (SSSR count). The molecule has 0 bridgehead atoms. The topological polar surface area (TPSA) is 39.2 Å². The summed E-state index contributed by atoms with van der Waals surface area (Å²) in [7, 11) is 1.25. The number of aromatic nitrogens is 1. The molecule has 1 heterocycles. The Morgan fingerprint density at radius 2 is 2.33 bits per heavy atom. The molecule has 0 fully saturated rings. The summed E-state index contributed by atoms with van der Waals surface area (Å²) in [5.41, 5.74) is 0.425. The maximum Gasteiger partial charge on any atom is 0.338 e. The molecule has 0 saturated heterocycles. The van der Waals surface area contributed by atoms with Crippen LogP contribution >= 0.6 is 0 Å². The molecule has 0 saturated carbocycles. The van der Waals surface area contributed by atoms with Crippen LogP contribution in [0, 0.1) is 12.9 Å². The maximum absolute atomic E-state index is 12.8. The van der Waals surface area contributed by atoms with Gasteiger partial charge in [0, 0.05) is 11.8 Å². The van der Waals surface area contributed by atoms with Gasteiger partial charge in [-0.1, -0.05) is 0 Å². The van der Waals surface area contributed by atoms with Gasteiger partial charge in [0.2, 0.25) is 5.95 Å². The zero-order chi connectivity index (χ0) is 9.14. The molecule has 0 aliphatic carbocycles. The first kappa shape index (κ1) is 8.64. The molecular formula is C8H8FNO2. The molecule has 0 atom stereocenters. The van der Waals surface area contributed by atoms with E-state index in [0.29, 0.717) is 0 Å². The summed E-state index contributed by atoms with van der Waals surface area (Å²) in [4.78, 5) is 14.4. The number of carbonyl (C=O) groups is 1. The molecule has 0 radical (unpaired) electrons. The first-order valence-electron chi connectivity index (χ1n) is 3.36. The van der Waals surface area contributed by atoms with Crippen LogP contribution in [0.25, 0.3) is 0 Å². The number of hydrogen-bond acceptors (Lipinski definition) is 3. The third-order valence-corrected chi connectivity index (χ3v) is 1.55. The largest absolute Gasteiger partial charge is 0.465 e. The summed E-state index contributed by atoms with van der Waals surface area (Å²) in [6.07, 6.45) is 1.23. The second kappa shape index (κ2) is 3.30. The lowest BCUT2D eigenvalue weighted by molar-refractivity contribution is 0.0599. The van der Waals surface area contributed by atoms with Crippen molar-refractivity contribution in [2.75, 3.05) is 7.11 Å². The Balaban J connectivity index is 3.16. The van der Waals surface area contributed by atoms with Crippen LogP contribution in [0.1, 0.15) is 15.9 Å². The highest BCUT2D eigenvalue weighted by Crippen LogP contribution is 2.10. The standard InChI is InChI=1S/C8H8FNO2/c1-5-6(8(11)12-2)3-4-10-7(5)9/h3-4H,1-2H3. The first-order valence-corrected chi connectivity index (χ1v) is 3.36. The minimum absolute atomic E-state index is 0.212. The second-order valence-electron chi connectivity index (χ2n) is 2.27. The molecule has 0 aliphatic rings. The Bertz CT molecular complexity index is 312. The van der Waals surface area contributed by atoms with Crippen LogP contribution in [-0.4, -0.2) is 18.1 Å². The Morgan fingerprint density at radius 3 is 2.92 bits per heavy atom. The van der Waals surface area contributed by atoms with Crippen LogP contribution in [0.15, 0.2) is 12.3 Å². The molecule has 3 nitrogen and oxygen atoms in total. The van der Waals surface area contributed by atoms with Crippen molar-refractivity contribution < 1.29 is 13.9 Å². The predicted molar refractivity (Wildman–Crippen MR) is 40.3 cm³/mol. The van der Waals surface area contributed by atoms with Gasteiger partial charge in [-0.3, -0.25) is 0 Å². The molecule has 0 amide bonds. The Morgan fingerprint density at radius 1 is 1.67 bits per heavy atom. The monoisotopic (exact) mass is 169 g/mol. The fraction of sp³-hybridized carbons (Fsp3) is 0.250. The fourth-order valence-electron chi connectivity index (χ4n) is 0.841. The van der Waals surface area contributed by atoms with Gasteiger partial charge in [0.15, 0.2) is 0 Å². The number of hydrogen-bond donors (Lipinski definition) is 0. The van der Waals surface area contributed by atoms with E-state index in [-0.39, 0.29) is 11.1 Å². The smallest absolute Gasteiger partial charge is 0.338 e. The average molecular weight is 169 g/mol. The quantitative estimate of drug-likeness (QED) is 0.470. The van der Waals surface area contributed by atoms with Crippen LogP contribution < -0.4 is 0 Å². The van der Waals surface area contributed by atoms with Crippen LogP contribution in [-0.2, 0) is 4.74 Å². The van der Waals surface area contributed by atoms with Crippen molar-refractivity contribution in [3.05, 3.63) is 29.3 Å². The molecule has 0 spiro atoms. The Hall–Kier alpha value is -1.45. The molecule has 0 aromatic carbocycles. The van der Waals surface area contributed by atoms with Crippen LogP contribution in [0.3, 0.4) is 0 Å². The third-order valence-electron chi connectivity index (χ3n) is 1.55. The van der Waals surface area contributed by atoms with Gasteiger partial charge in [0.25, 0.3) is 0 Å². The SMILES string of the molecule is COC(=O)c1ccnc(F)c1C. The van der Waals surface area contributed by atoms with E-state index in [9.17, 15) is 9.18 Å². The fourth-order valence-corrected chi connectivity index (χ4v) is 0.841. The van der Waals surface area contributed by atoms with Gasteiger partial charge in [0.1, 0.15) is 0 Å². The second-order valence-corrected chi connectivity index (χ2v) is 2.27. The Kier molecular flexibility index (Phi) is 2.38. The van der Waals surface area contributed by atoms with Crippen molar-refractivity contribution in [1.29, 1.82) is 0 Å².